The molecule has 2 N–H and O–H groups in total. The summed E-state index contributed by atoms with van der Waals surface area (Å²) in [4.78, 5) is 16.2. The number of rotatable bonds is 9. The molecule has 0 saturated carbocycles. The molecule has 0 aliphatic heterocycles. The number of carbonyl (C=O) groups excluding carboxylic acids is 1. The third kappa shape index (κ3) is 6.77. The molecule has 0 spiro atoms. The Hall–Kier alpha value is -3.48. The number of fused-ring (bicyclic) bond motifs is 1. The number of methoxy groups -OCH3 is 1. The second-order valence-corrected chi connectivity index (χ2v) is 8.34. The summed E-state index contributed by atoms with van der Waals surface area (Å²) in [6, 6.07) is 15.8. The van der Waals surface area contributed by atoms with Crippen molar-refractivity contribution >= 4 is 22.7 Å². The van der Waals surface area contributed by atoms with Crippen LogP contribution in [0.25, 0.3) is 10.8 Å². The van der Waals surface area contributed by atoms with Gasteiger partial charge in [-0.15, -0.1) is 0 Å². The van der Waals surface area contributed by atoms with Crippen LogP contribution in [0.3, 0.4) is 0 Å². The van der Waals surface area contributed by atoms with Gasteiger partial charge in [0.05, 0.1) is 13.7 Å². The number of hydrogen-bond donors (Lipinski definition) is 2. The van der Waals surface area contributed by atoms with Gasteiger partial charge in [-0.25, -0.2) is 9.78 Å². The van der Waals surface area contributed by atoms with E-state index >= 15 is 0 Å². The highest BCUT2D eigenvalue weighted by molar-refractivity contribution is 5.95. The van der Waals surface area contributed by atoms with Crippen LogP contribution in [0.4, 0.5) is 10.6 Å². The van der Waals surface area contributed by atoms with Gasteiger partial charge in [0.25, 0.3) is 0 Å². The van der Waals surface area contributed by atoms with Crippen molar-refractivity contribution in [1.82, 2.24) is 10.3 Å². The first-order chi connectivity index (χ1) is 15.4. The highest BCUT2D eigenvalue weighted by atomic mass is 16.6. The van der Waals surface area contributed by atoms with Crippen LogP contribution in [0.2, 0.25) is 0 Å². The maximum atomic E-state index is 11.7. The largest absolute Gasteiger partial charge is 0.497 e. The molecule has 0 radical (unpaired) electrons. The summed E-state index contributed by atoms with van der Waals surface area (Å²) in [6.45, 7) is 7.13. The number of hydrogen-bond acceptors (Lipinski definition) is 6. The molecule has 32 heavy (non-hydrogen) atoms. The average Bonchev–Trinajstić information content (AvgIpc) is 2.76. The molecule has 0 fully saturated rings. The first-order valence-electron chi connectivity index (χ1n) is 10.7. The van der Waals surface area contributed by atoms with Gasteiger partial charge < -0.3 is 24.8 Å². The standard InChI is InChI=1S/C25H31N3O4/c1-25(2,3)32-24(29)27-14-6-16-31-22-8-5-7-21-20(22)13-15-26-23(21)28-17-18-9-11-19(30-4)12-10-18/h5,7-13,15H,6,14,16-17H2,1-4H3,(H,26,28)(H,27,29). The van der Waals surface area contributed by atoms with Crippen molar-refractivity contribution in [2.45, 2.75) is 39.3 Å². The van der Waals surface area contributed by atoms with E-state index in [1.54, 1.807) is 13.3 Å². The van der Waals surface area contributed by atoms with E-state index in [1.807, 2.05) is 69.3 Å². The topological polar surface area (TPSA) is 81.7 Å². The zero-order valence-corrected chi connectivity index (χ0v) is 19.1. The summed E-state index contributed by atoms with van der Waals surface area (Å²) < 4.78 is 16.4. The van der Waals surface area contributed by atoms with Crippen LogP contribution >= 0.6 is 0 Å². The van der Waals surface area contributed by atoms with Gasteiger partial charge in [-0.05, 0) is 57.0 Å². The molecule has 0 saturated heterocycles. The SMILES string of the molecule is COc1ccc(CNc2nccc3c(OCCCNC(=O)OC(C)(C)C)cccc23)cc1. The lowest BCUT2D eigenvalue weighted by Gasteiger charge is -2.19. The van der Waals surface area contributed by atoms with Crippen LogP contribution in [0.5, 0.6) is 11.5 Å². The summed E-state index contributed by atoms with van der Waals surface area (Å²) in [5.74, 6) is 2.42. The number of benzene rings is 2. The molecule has 0 aliphatic rings. The summed E-state index contributed by atoms with van der Waals surface area (Å²) >= 11 is 0. The fourth-order valence-electron chi connectivity index (χ4n) is 3.13. The Kier molecular flexibility index (Phi) is 7.76. The van der Waals surface area contributed by atoms with E-state index in [0.717, 1.165) is 33.7 Å². The molecule has 3 aromatic rings. The Balaban J connectivity index is 1.56. The summed E-state index contributed by atoms with van der Waals surface area (Å²) in [6.07, 6.45) is 2.03. The molecule has 1 amide bonds. The lowest BCUT2D eigenvalue weighted by Crippen LogP contribution is -2.33. The number of aromatic nitrogens is 1. The smallest absolute Gasteiger partial charge is 0.407 e. The highest BCUT2D eigenvalue weighted by Gasteiger charge is 2.15. The molecule has 7 nitrogen and oxygen atoms in total. The molecule has 0 bridgehead atoms. The van der Waals surface area contributed by atoms with Crippen molar-refractivity contribution in [2.75, 3.05) is 25.6 Å². The predicted molar refractivity (Wildman–Crippen MR) is 126 cm³/mol. The minimum atomic E-state index is -0.503. The number of alkyl carbamates (subject to hydrolysis) is 1. The van der Waals surface area contributed by atoms with Gasteiger partial charge in [-0.3, -0.25) is 0 Å². The summed E-state index contributed by atoms with van der Waals surface area (Å²) in [5, 5.41) is 8.13. The third-order valence-corrected chi connectivity index (χ3v) is 4.63. The van der Waals surface area contributed by atoms with Crippen LogP contribution in [-0.4, -0.2) is 36.9 Å². The van der Waals surface area contributed by atoms with E-state index in [9.17, 15) is 4.79 Å². The van der Waals surface area contributed by atoms with Gasteiger partial charge in [-0.1, -0.05) is 24.3 Å². The second-order valence-electron chi connectivity index (χ2n) is 8.34. The fourth-order valence-corrected chi connectivity index (χ4v) is 3.13. The lowest BCUT2D eigenvalue weighted by atomic mass is 10.1. The zero-order chi connectivity index (χ0) is 23.0. The molecule has 0 atom stereocenters. The number of nitrogens with one attached hydrogen (secondary N) is 2. The van der Waals surface area contributed by atoms with Crippen LogP contribution in [0.1, 0.15) is 32.8 Å². The van der Waals surface area contributed by atoms with Crippen LogP contribution < -0.4 is 20.1 Å². The van der Waals surface area contributed by atoms with E-state index in [1.165, 1.54) is 0 Å². The number of pyridine rings is 1. The number of anilines is 1. The average molecular weight is 438 g/mol. The van der Waals surface area contributed by atoms with Gasteiger partial charge in [0, 0.05) is 30.1 Å². The quantitative estimate of drug-likeness (QED) is 0.451. The molecule has 0 aliphatic carbocycles. The van der Waals surface area contributed by atoms with Gasteiger partial charge >= 0.3 is 6.09 Å². The van der Waals surface area contributed by atoms with Gasteiger partial charge in [0.2, 0.25) is 0 Å². The van der Waals surface area contributed by atoms with E-state index < -0.39 is 11.7 Å². The molecule has 2 aromatic carbocycles. The van der Waals surface area contributed by atoms with Crippen LogP contribution in [0, 0.1) is 0 Å². The summed E-state index contributed by atoms with van der Waals surface area (Å²) in [5.41, 5.74) is 0.631. The van der Waals surface area contributed by atoms with Crippen molar-refractivity contribution in [2.24, 2.45) is 0 Å². The number of ether oxygens (including phenoxy) is 3. The first-order valence-corrected chi connectivity index (χ1v) is 10.7. The normalized spacial score (nSPS) is 11.1. The Morgan fingerprint density at radius 3 is 2.53 bits per heavy atom. The Morgan fingerprint density at radius 2 is 1.81 bits per heavy atom. The first kappa shape index (κ1) is 23.2. The molecule has 7 heteroatoms. The van der Waals surface area contributed by atoms with Gasteiger partial charge in [0.15, 0.2) is 0 Å². The molecule has 170 valence electrons. The Bertz CT molecular complexity index is 1030. The van der Waals surface area contributed by atoms with Crippen molar-refractivity contribution < 1.29 is 19.0 Å². The van der Waals surface area contributed by atoms with E-state index in [0.29, 0.717) is 26.1 Å². The lowest BCUT2D eigenvalue weighted by molar-refractivity contribution is 0.0525. The van der Waals surface area contributed by atoms with Gasteiger partial charge in [-0.2, -0.15) is 0 Å². The van der Waals surface area contributed by atoms with Crippen molar-refractivity contribution in [3.63, 3.8) is 0 Å². The van der Waals surface area contributed by atoms with Crippen molar-refractivity contribution in [3.05, 3.63) is 60.3 Å². The van der Waals surface area contributed by atoms with Crippen molar-refractivity contribution in [1.29, 1.82) is 0 Å². The van der Waals surface area contributed by atoms with E-state index in [4.69, 9.17) is 14.2 Å². The predicted octanol–water partition coefficient (Wildman–Crippen LogP) is 5.15. The number of nitrogens with zero attached hydrogens (tertiary/aromatic N) is 1. The fraction of sp³-hybridized carbons (Fsp3) is 0.360. The van der Waals surface area contributed by atoms with Crippen molar-refractivity contribution in [3.8, 4) is 11.5 Å². The van der Waals surface area contributed by atoms with Crippen LogP contribution in [0.15, 0.2) is 54.7 Å². The third-order valence-electron chi connectivity index (χ3n) is 4.63. The molecular formula is C25H31N3O4. The van der Waals surface area contributed by atoms with Crippen LogP contribution in [-0.2, 0) is 11.3 Å². The Morgan fingerprint density at radius 1 is 1.03 bits per heavy atom. The molecule has 3 rings (SSSR count). The Labute approximate surface area is 189 Å². The highest BCUT2D eigenvalue weighted by Crippen LogP contribution is 2.29. The maximum Gasteiger partial charge on any atom is 0.407 e. The monoisotopic (exact) mass is 437 g/mol. The van der Waals surface area contributed by atoms with E-state index in [2.05, 4.69) is 15.6 Å². The van der Waals surface area contributed by atoms with E-state index in [-0.39, 0.29) is 0 Å². The number of carbonyl (C=O) groups is 1. The maximum absolute atomic E-state index is 11.7. The zero-order valence-electron chi connectivity index (χ0n) is 19.1. The molecule has 1 aromatic heterocycles. The summed E-state index contributed by atoms with van der Waals surface area (Å²) in [7, 11) is 1.66. The molecule has 0 unspecified atom stereocenters. The van der Waals surface area contributed by atoms with Gasteiger partial charge in [0.1, 0.15) is 22.9 Å². The minimum absolute atomic E-state index is 0.415. The minimum Gasteiger partial charge on any atom is -0.497 e. The molecular weight excluding hydrogens is 406 g/mol. The second kappa shape index (κ2) is 10.7. The number of amides is 1. The molecule has 1 heterocycles.